The Morgan fingerprint density at radius 3 is 2.53 bits per heavy atom. The second-order valence-corrected chi connectivity index (χ2v) is 6.31. The van der Waals surface area contributed by atoms with Gasteiger partial charge in [0.15, 0.2) is 0 Å². The average Bonchev–Trinajstić information content (AvgIpc) is 2.17. The van der Waals surface area contributed by atoms with Crippen LogP contribution < -0.4 is 0 Å². The van der Waals surface area contributed by atoms with Crippen LogP contribution in [0.15, 0.2) is 12.4 Å². The zero-order chi connectivity index (χ0) is 10.9. The van der Waals surface area contributed by atoms with E-state index in [1.54, 1.807) is 6.33 Å². The summed E-state index contributed by atoms with van der Waals surface area (Å²) < 4.78 is 22.5. The molecule has 1 aliphatic rings. The Morgan fingerprint density at radius 2 is 1.93 bits per heavy atom. The van der Waals surface area contributed by atoms with Gasteiger partial charge in [-0.3, -0.25) is 0 Å². The number of hydrogen-bond donors (Lipinski definition) is 0. The van der Waals surface area contributed by atoms with Gasteiger partial charge in [0.25, 0.3) is 0 Å². The lowest BCUT2D eigenvalue weighted by atomic mass is 9.98. The number of rotatable bonds is 1. The first kappa shape index (κ1) is 10.5. The number of aromatic nitrogens is 2. The van der Waals surface area contributed by atoms with E-state index in [2.05, 4.69) is 9.97 Å². The molecule has 0 aromatic carbocycles. The van der Waals surface area contributed by atoms with Gasteiger partial charge in [0.05, 0.1) is 11.5 Å². The third-order valence-corrected chi connectivity index (χ3v) is 4.51. The molecule has 2 heterocycles. The Hall–Kier alpha value is -0.970. The van der Waals surface area contributed by atoms with Crippen molar-refractivity contribution in [1.29, 1.82) is 0 Å². The van der Waals surface area contributed by atoms with Crippen molar-refractivity contribution >= 4 is 9.84 Å². The lowest BCUT2D eigenvalue weighted by Crippen LogP contribution is -2.22. The molecule has 82 valence electrons. The van der Waals surface area contributed by atoms with Crippen molar-refractivity contribution in [3.63, 3.8) is 0 Å². The van der Waals surface area contributed by atoms with Crippen molar-refractivity contribution in [3.05, 3.63) is 23.8 Å². The topological polar surface area (TPSA) is 59.9 Å². The van der Waals surface area contributed by atoms with Gasteiger partial charge in [0.1, 0.15) is 16.2 Å². The van der Waals surface area contributed by atoms with E-state index in [0.717, 1.165) is 11.4 Å². The molecule has 2 rings (SSSR count). The molecule has 15 heavy (non-hydrogen) atoms. The molecular formula is C10H14N2O2S. The van der Waals surface area contributed by atoms with Gasteiger partial charge in [-0.2, -0.15) is 0 Å². The second kappa shape index (κ2) is 3.89. The van der Waals surface area contributed by atoms with Crippen molar-refractivity contribution < 1.29 is 8.42 Å². The molecule has 1 fully saturated rings. The van der Waals surface area contributed by atoms with Gasteiger partial charge in [-0.1, -0.05) is 0 Å². The second-order valence-electron chi connectivity index (χ2n) is 4.01. The summed E-state index contributed by atoms with van der Waals surface area (Å²) >= 11 is 0. The molecule has 0 N–H and O–H groups in total. The maximum absolute atomic E-state index is 11.3. The Labute approximate surface area is 89.7 Å². The lowest BCUT2D eigenvalue weighted by Gasteiger charge is -2.21. The van der Waals surface area contributed by atoms with Crippen LogP contribution in [-0.2, 0) is 9.84 Å². The molecule has 1 saturated heterocycles. The van der Waals surface area contributed by atoms with Crippen LogP contribution in [0.4, 0.5) is 0 Å². The van der Waals surface area contributed by atoms with Crippen molar-refractivity contribution in [3.8, 4) is 0 Å². The van der Waals surface area contributed by atoms with E-state index in [1.807, 2.05) is 13.0 Å². The fourth-order valence-electron chi connectivity index (χ4n) is 1.88. The minimum Gasteiger partial charge on any atom is -0.242 e. The molecule has 0 bridgehead atoms. The maximum atomic E-state index is 11.3. The molecule has 0 spiro atoms. The number of sulfone groups is 1. The van der Waals surface area contributed by atoms with E-state index in [0.29, 0.717) is 24.3 Å². The van der Waals surface area contributed by atoms with Gasteiger partial charge in [0, 0.05) is 17.3 Å². The molecule has 0 atom stereocenters. The van der Waals surface area contributed by atoms with Crippen molar-refractivity contribution in [2.45, 2.75) is 25.7 Å². The van der Waals surface area contributed by atoms with Gasteiger partial charge >= 0.3 is 0 Å². The monoisotopic (exact) mass is 226 g/mol. The first-order valence-electron chi connectivity index (χ1n) is 5.06. The van der Waals surface area contributed by atoms with Crippen molar-refractivity contribution in [1.82, 2.24) is 9.97 Å². The Bertz CT molecular complexity index is 442. The van der Waals surface area contributed by atoms with Gasteiger partial charge < -0.3 is 0 Å². The molecule has 1 aliphatic heterocycles. The Morgan fingerprint density at radius 1 is 1.27 bits per heavy atom. The highest BCUT2D eigenvalue weighted by atomic mass is 32.2. The van der Waals surface area contributed by atoms with Crippen LogP contribution in [0.25, 0.3) is 0 Å². The van der Waals surface area contributed by atoms with Crippen LogP contribution in [0.2, 0.25) is 0 Å². The zero-order valence-corrected chi connectivity index (χ0v) is 9.50. The van der Waals surface area contributed by atoms with E-state index in [4.69, 9.17) is 0 Å². The smallest absolute Gasteiger partial charge is 0.150 e. The predicted molar refractivity (Wildman–Crippen MR) is 57.4 cm³/mol. The van der Waals surface area contributed by atoms with Gasteiger partial charge in [-0.05, 0) is 25.8 Å². The summed E-state index contributed by atoms with van der Waals surface area (Å²) in [6.07, 6.45) is 2.94. The van der Waals surface area contributed by atoms with Crippen molar-refractivity contribution in [2.24, 2.45) is 0 Å². The molecule has 0 saturated carbocycles. The summed E-state index contributed by atoms with van der Waals surface area (Å²) in [7, 11) is -2.78. The summed E-state index contributed by atoms with van der Waals surface area (Å²) in [6.45, 7) is 1.92. The fourth-order valence-corrected chi connectivity index (χ4v) is 3.38. The number of nitrogens with zero attached hydrogens (tertiary/aromatic N) is 2. The van der Waals surface area contributed by atoms with E-state index >= 15 is 0 Å². The maximum Gasteiger partial charge on any atom is 0.150 e. The average molecular weight is 226 g/mol. The highest BCUT2D eigenvalue weighted by Crippen LogP contribution is 2.27. The van der Waals surface area contributed by atoms with Crippen LogP contribution in [0.1, 0.15) is 30.1 Å². The SMILES string of the molecule is Cc1cc(C2CCS(=O)(=O)CC2)ncn1. The quantitative estimate of drug-likeness (QED) is 0.719. The molecule has 0 amide bonds. The van der Waals surface area contributed by atoms with E-state index < -0.39 is 9.84 Å². The highest BCUT2D eigenvalue weighted by molar-refractivity contribution is 7.91. The third kappa shape index (κ3) is 2.53. The summed E-state index contributed by atoms with van der Waals surface area (Å²) in [5.74, 6) is 0.872. The van der Waals surface area contributed by atoms with Crippen LogP contribution in [-0.4, -0.2) is 29.9 Å². The minimum absolute atomic E-state index is 0.287. The van der Waals surface area contributed by atoms with E-state index in [9.17, 15) is 8.42 Å². The lowest BCUT2D eigenvalue weighted by molar-refractivity contribution is 0.544. The fraction of sp³-hybridized carbons (Fsp3) is 0.600. The van der Waals surface area contributed by atoms with Crippen LogP contribution in [0.3, 0.4) is 0 Å². The molecular weight excluding hydrogens is 212 g/mol. The molecule has 1 aromatic rings. The molecule has 0 radical (unpaired) electrons. The largest absolute Gasteiger partial charge is 0.242 e. The van der Waals surface area contributed by atoms with Crippen LogP contribution >= 0.6 is 0 Å². The first-order chi connectivity index (χ1) is 7.07. The van der Waals surface area contributed by atoms with Gasteiger partial charge in [-0.15, -0.1) is 0 Å². The number of aryl methyl sites for hydroxylation is 1. The van der Waals surface area contributed by atoms with E-state index in [1.165, 1.54) is 0 Å². The van der Waals surface area contributed by atoms with Gasteiger partial charge in [-0.25, -0.2) is 18.4 Å². The normalized spacial score (nSPS) is 21.4. The molecule has 0 aliphatic carbocycles. The van der Waals surface area contributed by atoms with Crippen molar-refractivity contribution in [2.75, 3.05) is 11.5 Å². The summed E-state index contributed by atoms with van der Waals surface area (Å²) in [5.41, 5.74) is 1.92. The summed E-state index contributed by atoms with van der Waals surface area (Å²) in [5, 5.41) is 0. The predicted octanol–water partition coefficient (Wildman–Crippen LogP) is 1.08. The molecule has 0 unspecified atom stereocenters. The van der Waals surface area contributed by atoms with Gasteiger partial charge in [0.2, 0.25) is 0 Å². The zero-order valence-electron chi connectivity index (χ0n) is 8.68. The summed E-state index contributed by atoms with van der Waals surface area (Å²) in [4.78, 5) is 8.24. The molecule has 4 nitrogen and oxygen atoms in total. The highest BCUT2D eigenvalue weighted by Gasteiger charge is 2.25. The van der Waals surface area contributed by atoms with Crippen LogP contribution in [0, 0.1) is 6.92 Å². The minimum atomic E-state index is -2.78. The Balaban J connectivity index is 2.14. The van der Waals surface area contributed by atoms with E-state index in [-0.39, 0.29) is 5.92 Å². The van der Waals surface area contributed by atoms with Crippen LogP contribution in [0.5, 0.6) is 0 Å². The first-order valence-corrected chi connectivity index (χ1v) is 6.88. The third-order valence-electron chi connectivity index (χ3n) is 2.80. The Kier molecular flexibility index (Phi) is 2.73. The number of hydrogen-bond acceptors (Lipinski definition) is 4. The molecule has 1 aromatic heterocycles. The standard InChI is InChI=1S/C10H14N2O2S/c1-8-6-10(12-7-11-8)9-2-4-15(13,14)5-3-9/h6-7,9H,2-5H2,1H3. The molecule has 5 heteroatoms. The summed E-state index contributed by atoms with van der Waals surface area (Å²) in [6, 6.07) is 1.95.